The van der Waals surface area contributed by atoms with Gasteiger partial charge in [-0.2, -0.15) is 0 Å². The maximum atomic E-state index is 11.6. The molecule has 2 N–H and O–H groups in total. The van der Waals surface area contributed by atoms with Crippen molar-refractivity contribution in [2.24, 2.45) is 5.41 Å². The van der Waals surface area contributed by atoms with E-state index in [9.17, 15) is 9.59 Å². The Labute approximate surface area is 111 Å². The molecule has 0 radical (unpaired) electrons. The highest BCUT2D eigenvalue weighted by molar-refractivity contribution is 5.80. The van der Waals surface area contributed by atoms with Crippen molar-refractivity contribution in [3.05, 3.63) is 30.1 Å². The molecule has 6 heteroatoms. The van der Waals surface area contributed by atoms with Crippen molar-refractivity contribution >= 4 is 12.1 Å². The molecule has 0 saturated carbocycles. The molecule has 0 aliphatic heterocycles. The Hall–Kier alpha value is -2.11. The zero-order chi connectivity index (χ0) is 14.5. The number of carboxylic acids is 1. The molecule has 1 heterocycles. The van der Waals surface area contributed by atoms with Gasteiger partial charge in [-0.3, -0.25) is 4.98 Å². The van der Waals surface area contributed by atoms with E-state index in [1.54, 1.807) is 45.3 Å². The highest BCUT2D eigenvalue weighted by atomic mass is 16.5. The van der Waals surface area contributed by atoms with Gasteiger partial charge in [-0.25, -0.2) is 9.59 Å². The first kappa shape index (κ1) is 14.9. The van der Waals surface area contributed by atoms with Gasteiger partial charge in [0, 0.05) is 12.4 Å². The molecule has 19 heavy (non-hydrogen) atoms. The first-order valence-corrected chi connectivity index (χ1v) is 5.85. The number of amides is 1. The largest absolute Gasteiger partial charge is 0.480 e. The lowest BCUT2D eigenvalue weighted by molar-refractivity contribution is -0.142. The number of hydrogen-bond donors (Lipinski definition) is 2. The number of carbonyl (C=O) groups is 2. The van der Waals surface area contributed by atoms with Gasteiger partial charge in [0.05, 0.1) is 0 Å². The van der Waals surface area contributed by atoms with Gasteiger partial charge in [-0.05, 0) is 23.1 Å². The number of carboxylic acid groups (broad SMARTS) is 1. The van der Waals surface area contributed by atoms with Gasteiger partial charge >= 0.3 is 12.1 Å². The van der Waals surface area contributed by atoms with E-state index < -0.39 is 23.5 Å². The third-order valence-corrected chi connectivity index (χ3v) is 2.49. The minimum Gasteiger partial charge on any atom is -0.480 e. The highest BCUT2D eigenvalue weighted by Gasteiger charge is 2.33. The van der Waals surface area contributed by atoms with Gasteiger partial charge in [-0.1, -0.05) is 20.8 Å². The molecule has 0 fully saturated rings. The number of ether oxygens (including phenoxy) is 1. The lowest BCUT2D eigenvalue weighted by Gasteiger charge is -2.27. The molecule has 6 nitrogen and oxygen atoms in total. The van der Waals surface area contributed by atoms with Gasteiger partial charge in [0.2, 0.25) is 0 Å². The number of nitrogens with zero attached hydrogens (tertiary/aromatic N) is 1. The van der Waals surface area contributed by atoms with Crippen LogP contribution in [0.2, 0.25) is 0 Å². The van der Waals surface area contributed by atoms with Crippen LogP contribution in [0, 0.1) is 5.41 Å². The predicted octanol–water partition coefficient (Wildman–Crippen LogP) is 1.81. The molecule has 0 spiro atoms. The standard InChI is InChI=1S/C13H18N2O4/c1-13(2,3)10(11(16)17)15-12(18)19-8-9-4-6-14-7-5-9/h4-7,10H,8H2,1-3H3,(H,15,18)(H,16,17)/t10-/m1/s1. The maximum absolute atomic E-state index is 11.6. The molecular weight excluding hydrogens is 248 g/mol. The summed E-state index contributed by atoms with van der Waals surface area (Å²) in [6.45, 7) is 5.27. The molecule has 0 aromatic carbocycles. The summed E-state index contributed by atoms with van der Waals surface area (Å²) in [7, 11) is 0. The Morgan fingerprint density at radius 1 is 1.37 bits per heavy atom. The monoisotopic (exact) mass is 266 g/mol. The molecule has 0 aliphatic carbocycles. The van der Waals surface area contributed by atoms with E-state index in [0.717, 1.165) is 5.56 Å². The van der Waals surface area contributed by atoms with E-state index in [2.05, 4.69) is 10.3 Å². The van der Waals surface area contributed by atoms with Gasteiger partial charge in [-0.15, -0.1) is 0 Å². The Balaban J connectivity index is 2.52. The van der Waals surface area contributed by atoms with Gasteiger partial charge in [0.25, 0.3) is 0 Å². The fourth-order valence-corrected chi connectivity index (χ4v) is 1.44. The summed E-state index contributed by atoms with van der Waals surface area (Å²) in [6.07, 6.45) is 2.43. The molecule has 0 aliphatic rings. The summed E-state index contributed by atoms with van der Waals surface area (Å²) < 4.78 is 4.96. The Bertz CT molecular complexity index is 440. The van der Waals surface area contributed by atoms with Crippen molar-refractivity contribution < 1.29 is 19.4 Å². The van der Waals surface area contributed by atoms with E-state index in [0.29, 0.717) is 0 Å². The van der Waals surface area contributed by atoms with Crippen LogP contribution >= 0.6 is 0 Å². The average molecular weight is 266 g/mol. The van der Waals surface area contributed by atoms with Gasteiger partial charge in [0.1, 0.15) is 12.6 Å². The van der Waals surface area contributed by atoms with E-state index in [1.165, 1.54) is 0 Å². The van der Waals surface area contributed by atoms with Crippen molar-refractivity contribution in [3.8, 4) is 0 Å². The predicted molar refractivity (Wildman–Crippen MR) is 68.4 cm³/mol. The highest BCUT2D eigenvalue weighted by Crippen LogP contribution is 2.19. The quantitative estimate of drug-likeness (QED) is 0.867. The van der Waals surface area contributed by atoms with Crippen molar-refractivity contribution in [2.45, 2.75) is 33.4 Å². The molecule has 104 valence electrons. The van der Waals surface area contributed by atoms with E-state index in [-0.39, 0.29) is 6.61 Å². The Morgan fingerprint density at radius 2 is 1.95 bits per heavy atom. The molecule has 1 rings (SSSR count). The second kappa shape index (κ2) is 6.17. The second-order valence-corrected chi connectivity index (χ2v) is 5.21. The van der Waals surface area contributed by atoms with Crippen LogP contribution in [0.1, 0.15) is 26.3 Å². The van der Waals surface area contributed by atoms with Crippen molar-refractivity contribution in [3.63, 3.8) is 0 Å². The molecule has 0 unspecified atom stereocenters. The normalized spacial score (nSPS) is 12.6. The van der Waals surface area contributed by atoms with Crippen LogP contribution in [0.3, 0.4) is 0 Å². The zero-order valence-corrected chi connectivity index (χ0v) is 11.2. The summed E-state index contributed by atoms with van der Waals surface area (Å²) in [6, 6.07) is 2.43. The Kier molecular flexibility index (Phi) is 4.86. The van der Waals surface area contributed by atoms with Crippen molar-refractivity contribution in [1.29, 1.82) is 0 Å². The molecule has 0 saturated heterocycles. The summed E-state index contributed by atoms with van der Waals surface area (Å²) >= 11 is 0. The third-order valence-electron chi connectivity index (χ3n) is 2.49. The lowest BCUT2D eigenvalue weighted by Crippen LogP contribution is -2.49. The van der Waals surface area contributed by atoms with Crippen LogP contribution in [-0.2, 0) is 16.1 Å². The van der Waals surface area contributed by atoms with E-state index in [1.807, 2.05) is 0 Å². The molecule has 1 atom stereocenters. The number of hydrogen-bond acceptors (Lipinski definition) is 4. The van der Waals surface area contributed by atoms with Crippen LogP contribution in [0.4, 0.5) is 4.79 Å². The van der Waals surface area contributed by atoms with Crippen LogP contribution in [0.15, 0.2) is 24.5 Å². The van der Waals surface area contributed by atoms with Crippen molar-refractivity contribution in [1.82, 2.24) is 10.3 Å². The number of aromatic nitrogens is 1. The Morgan fingerprint density at radius 3 is 2.42 bits per heavy atom. The van der Waals surface area contributed by atoms with E-state index >= 15 is 0 Å². The third kappa shape index (κ3) is 4.95. The fourth-order valence-electron chi connectivity index (χ4n) is 1.44. The molecule has 1 amide bonds. The summed E-state index contributed by atoms with van der Waals surface area (Å²) in [5.41, 5.74) is 0.189. The second-order valence-electron chi connectivity index (χ2n) is 5.21. The minimum absolute atomic E-state index is 0.0742. The summed E-state index contributed by atoms with van der Waals surface area (Å²) in [5, 5.41) is 11.4. The summed E-state index contributed by atoms with van der Waals surface area (Å²) in [4.78, 5) is 26.5. The SMILES string of the molecule is CC(C)(C)[C@H](NC(=O)OCc1ccncc1)C(=O)O. The molecule has 0 bridgehead atoms. The average Bonchev–Trinajstić information content (AvgIpc) is 2.33. The van der Waals surface area contributed by atoms with Crippen LogP contribution in [0.25, 0.3) is 0 Å². The van der Waals surface area contributed by atoms with Gasteiger partial charge < -0.3 is 15.2 Å². The number of aliphatic carboxylic acids is 1. The molecular formula is C13H18N2O4. The van der Waals surface area contributed by atoms with Crippen LogP contribution in [0.5, 0.6) is 0 Å². The first-order chi connectivity index (χ1) is 8.80. The number of nitrogens with one attached hydrogen (secondary N) is 1. The topological polar surface area (TPSA) is 88.5 Å². The first-order valence-electron chi connectivity index (χ1n) is 5.85. The molecule has 1 aromatic heterocycles. The molecule has 1 aromatic rings. The van der Waals surface area contributed by atoms with Crippen LogP contribution < -0.4 is 5.32 Å². The number of rotatable bonds is 4. The van der Waals surface area contributed by atoms with E-state index in [4.69, 9.17) is 9.84 Å². The summed E-state index contributed by atoms with van der Waals surface area (Å²) in [5.74, 6) is -1.09. The van der Waals surface area contributed by atoms with Gasteiger partial charge in [0.15, 0.2) is 0 Å². The maximum Gasteiger partial charge on any atom is 0.408 e. The van der Waals surface area contributed by atoms with Crippen LogP contribution in [-0.4, -0.2) is 28.2 Å². The number of carbonyl (C=O) groups excluding carboxylic acids is 1. The minimum atomic E-state index is -1.09. The zero-order valence-electron chi connectivity index (χ0n) is 11.2. The number of pyridine rings is 1. The smallest absolute Gasteiger partial charge is 0.408 e. The lowest BCUT2D eigenvalue weighted by atomic mass is 9.87. The number of alkyl carbamates (subject to hydrolysis) is 1. The fraction of sp³-hybridized carbons (Fsp3) is 0.462. The van der Waals surface area contributed by atoms with Crippen molar-refractivity contribution in [2.75, 3.05) is 0 Å².